The Morgan fingerprint density at radius 3 is 2.69 bits per heavy atom. The Bertz CT molecular complexity index is 483. The third-order valence-electron chi connectivity index (χ3n) is 2.33. The molecule has 0 radical (unpaired) electrons. The number of benzene rings is 1. The maximum atomic E-state index is 10.9. The van der Waals surface area contributed by atoms with Crippen LogP contribution in [0, 0.1) is 3.57 Å². The molecule has 0 unspecified atom stereocenters. The van der Waals surface area contributed by atoms with Gasteiger partial charge < -0.3 is 4.90 Å². The van der Waals surface area contributed by atoms with Crippen molar-refractivity contribution < 1.29 is 12.6 Å². The monoisotopic (exact) mass is 353 g/mol. The molecule has 1 aliphatic heterocycles. The van der Waals surface area contributed by atoms with Crippen LogP contribution in [0.15, 0.2) is 24.3 Å². The van der Waals surface area contributed by atoms with Gasteiger partial charge in [0.05, 0.1) is 6.26 Å². The van der Waals surface area contributed by atoms with Crippen LogP contribution in [0.25, 0.3) is 0 Å². The van der Waals surface area contributed by atoms with E-state index in [0.29, 0.717) is 13.1 Å². The van der Waals surface area contributed by atoms with Crippen molar-refractivity contribution in [1.82, 2.24) is 0 Å². The molecule has 1 aromatic rings. The molecule has 4 nitrogen and oxygen atoms in total. The molecule has 0 atom stereocenters. The first-order valence-electron chi connectivity index (χ1n) is 4.83. The second-order valence-electron chi connectivity index (χ2n) is 3.81. The highest BCUT2D eigenvalue weighted by molar-refractivity contribution is 14.1. The Kier molecular flexibility index (Phi) is 3.41. The van der Waals surface area contributed by atoms with Crippen LogP contribution in [0.3, 0.4) is 0 Å². The molecule has 6 heteroatoms. The third kappa shape index (κ3) is 3.08. The smallest absolute Gasteiger partial charge is 0.264 e. The van der Waals surface area contributed by atoms with Gasteiger partial charge >= 0.3 is 0 Å². The van der Waals surface area contributed by atoms with Gasteiger partial charge in [-0.3, -0.25) is 4.18 Å². The number of nitrogens with zero attached hydrogens (tertiary/aromatic N) is 1. The standard InChI is InChI=1S/C10H12INO3S/c1-16(13,14)15-10-6-12(7-10)9-4-2-3-8(11)5-9/h2-5,10H,6-7H2,1H3. The van der Waals surface area contributed by atoms with Gasteiger partial charge in [-0.15, -0.1) is 0 Å². The average molecular weight is 353 g/mol. The molecule has 1 aromatic carbocycles. The minimum absolute atomic E-state index is 0.201. The summed E-state index contributed by atoms with van der Waals surface area (Å²) < 4.78 is 27.8. The van der Waals surface area contributed by atoms with Gasteiger partial charge in [0, 0.05) is 22.3 Å². The van der Waals surface area contributed by atoms with E-state index < -0.39 is 10.1 Å². The van der Waals surface area contributed by atoms with E-state index >= 15 is 0 Å². The van der Waals surface area contributed by atoms with Crippen LogP contribution in [-0.2, 0) is 14.3 Å². The van der Waals surface area contributed by atoms with E-state index in [0.717, 1.165) is 11.9 Å². The topological polar surface area (TPSA) is 46.6 Å². The molecule has 16 heavy (non-hydrogen) atoms. The van der Waals surface area contributed by atoms with Crippen LogP contribution in [0.1, 0.15) is 0 Å². The lowest BCUT2D eigenvalue weighted by molar-refractivity contribution is 0.177. The van der Waals surface area contributed by atoms with Crippen molar-refractivity contribution in [3.05, 3.63) is 27.8 Å². The Hall–Kier alpha value is -0.340. The van der Waals surface area contributed by atoms with Gasteiger partial charge in [0.25, 0.3) is 10.1 Å². The SMILES string of the molecule is CS(=O)(=O)OC1CN(c2cccc(I)c2)C1. The van der Waals surface area contributed by atoms with Gasteiger partial charge in [-0.2, -0.15) is 8.42 Å². The molecule has 1 heterocycles. The van der Waals surface area contributed by atoms with Crippen LogP contribution in [0.4, 0.5) is 5.69 Å². The number of halogens is 1. The van der Waals surface area contributed by atoms with Gasteiger partial charge in [0.2, 0.25) is 0 Å². The van der Waals surface area contributed by atoms with E-state index in [1.807, 2.05) is 18.2 Å². The van der Waals surface area contributed by atoms with E-state index in [-0.39, 0.29) is 6.10 Å². The normalized spacial score (nSPS) is 17.2. The summed E-state index contributed by atoms with van der Waals surface area (Å²) in [5, 5.41) is 0. The zero-order chi connectivity index (χ0) is 11.8. The molecule has 0 aliphatic carbocycles. The molecule has 0 bridgehead atoms. The Labute approximate surface area is 109 Å². The lowest BCUT2D eigenvalue weighted by Gasteiger charge is -2.39. The molecule has 0 saturated carbocycles. The average Bonchev–Trinajstić information content (AvgIpc) is 2.09. The molecule has 0 N–H and O–H groups in total. The molecular weight excluding hydrogens is 341 g/mol. The summed E-state index contributed by atoms with van der Waals surface area (Å²) in [4.78, 5) is 2.10. The summed E-state index contributed by atoms with van der Waals surface area (Å²) >= 11 is 2.25. The third-order valence-corrected chi connectivity index (χ3v) is 3.63. The second-order valence-corrected chi connectivity index (χ2v) is 6.65. The molecule has 0 aromatic heterocycles. The summed E-state index contributed by atoms with van der Waals surface area (Å²) in [7, 11) is -3.33. The zero-order valence-electron chi connectivity index (χ0n) is 8.76. The van der Waals surface area contributed by atoms with Crippen LogP contribution in [0.2, 0.25) is 0 Å². The van der Waals surface area contributed by atoms with E-state index in [2.05, 4.69) is 33.6 Å². The molecule has 0 spiro atoms. The summed E-state index contributed by atoms with van der Waals surface area (Å²) in [6.07, 6.45) is 0.883. The van der Waals surface area contributed by atoms with Crippen LogP contribution >= 0.6 is 22.6 Å². The van der Waals surface area contributed by atoms with Gasteiger partial charge in [-0.25, -0.2) is 0 Å². The van der Waals surface area contributed by atoms with E-state index in [1.54, 1.807) is 0 Å². The zero-order valence-corrected chi connectivity index (χ0v) is 11.7. The lowest BCUT2D eigenvalue weighted by atomic mass is 10.1. The second kappa shape index (κ2) is 4.50. The van der Waals surface area contributed by atoms with Crippen molar-refractivity contribution in [3.63, 3.8) is 0 Å². The summed E-state index contributed by atoms with van der Waals surface area (Å²) in [5.41, 5.74) is 1.11. The van der Waals surface area contributed by atoms with Gasteiger partial charge in [-0.1, -0.05) is 6.07 Å². The molecular formula is C10H12INO3S. The van der Waals surface area contributed by atoms with E-state index in [1.165, 1.54) is 3.57 Å². The van der Waals surface area contributed by atoms with Gasteiger partial charge in [0.15, 0.2) is 0 Å². The lowest BCUT2D eigenvalue weighted by Crippen LogP contribution is -2.53. The highest BCUT2D eigenvalue weighted by Gasteiger charge is 2.30. The van der Waals surface area contributed by atoms with Crippen molar-refractivity contribution in [3.8, 4) is 0 Å². The fourth-order valence-corrected chi connectivity index (χ4v) is 2.77. The first kappa shape index (κ1) is 12.1. The van der Waals surface area contributed by atoms with Crippen LogP contribution in [0.5, 0.6) is 0 Å². The first-order valence-corrected chi connectivity index (χ1v) is 7.72. The molecule has 0 amide bonds. The van der Waals surface area contributed by atoms with Crippen LogP contribution in [-0.4, -0.2) is 33.9 Å². The van der Waals surface area contributed by atoms with Crippen molar-refractivity contribution in [1.29, 1.82) is 0 Å². The Balaban J connectivity index is 1.94. The summed E-state index contributed by atoms with van der Waals surface area (Å²) in [5.74, 6) is 0. The Morgan fingerprint density at radius 1 is 1.44 bits per heavy atom. The highest BCUT2D eigenvalue weighted by atomic mass is 127. The molecule has 1 fully saturated rings. The highest BCUT2D eigenvalue weighted by Crippen LogP contribution is 2.24. The largest absolute Gasteiger partial charge is 0.366 e. The van der Waals surface area contributed by atoms with Crippen molar-refractivity contribution in [2.45, 2.75) is 6.10 Å². The molecule has 2 rings (SSSR count). The molecule has 1 saturated heterocycles. The van der Waals surface area contributed by atoms with E-state index in [9.17, 15) is 8.42 Å². The Morgan fingerprint density at radius 2 is 2.12 bits per heavy atom. The predicted octanol–water partition coefficient (Wildman–Crippen LogP) is 1.46. The fraction of sp³-hybridized carbons (Fsp3) is 0.400. The van der Waals surface area contributed by atoms with E-state index in [4.69, 9.17) is 4.18 Å². The minimum atomic E-state index is -3.33. The van der Waals surface area contributed by atoms with Gasteiger partial charge in [0.1, 0.15) is 6.10 Å². The predicted molar refractivity (Wildman–Crippen MR) is 71.1 cm³/mol. The summed E-state index contributed by atoms with van der Waals surface area (Å²) in [6, 6.07) is 8.09. The molecule has 88 valence electrons. The quantitative estimate of drug-likeness (QED) is 0.610. The maximum Gasteiger partial charge on any atom is 0.264 e. The number of hydrogen-bond donors (Lipinski definition) is 0. The minimum Gasteiger partial charge on any atom is -0.366 e. The van der Waals surface area contributed by atoms with Crippen molar-refractivity contribution >= 4 is 38.4 Å². The number of hydrogen-bond acceptors (Lipinski definition) is 4. The number of anilines is 1. The van der Waals surface area contributed by atoms with Gasteiger partial charge in [-0.05, 0) is 40.8 Å². The maximum absolute atomic E-state index is 10.9. The van der Waals surface area contributed by atoms with Crippen molar-refractivity contribution in [2.75, 3.05) is 24.2 Å². The van der Waals surface area contributed by atoms with Crippen LogP contribution < -0.4 is 4.90 Å². The number of rotatable bonds is 3. The fourth-order valence-electron chi connectivity index (χ4n) is 1.63. The summed E-state index contributed by atoms with van der Waals surface area (Å²) in [6.45, 7) is 1.26. The van der Waals surface area contributed by atoms with Crippen molar-refractivity contribution in [2.24, 2.45) is 0 Å². The molecule has 1 aliphatic rings. The first-order chi connectivity index (χ1) is 7.44.